The van der Waals surface area contributed by atoms with Gasteiger partial charge in [-0.3, -0.25) is 9.58 Å². The van der Waals surface area contributed by atoms with Crippen molar-refractivity contribution in [3.63, 3.8) is 0 Å². The van der Waals surface area contributed by atoms with E-state index in [2.05, 4.69) is 20.1 Å². The molecule has 0 radical (unpaired) electrons. The van der Waals surface area contributed by atoms with Crippen molar-refractivity contribution in [1.29, 1.82) is 0 Å². The fourth-order valence-electron chi connectivity index (χ4n) is 3.43. The summed E-state index contributed by atoms with van der Waals surface area (Å²) in [6, 6.07) is 8.93. The molecule has 130 valence electrons. The van der Waals surface area contributed by atoms with Gasteiger partial charge in [0.1, 0.15) is 18.5 Å². The second kappa shape index (κ2) is 7.14. The monoisotopic (exact) mass is 340 g/mol. The van der Waals surface area contributed by atoms with Crippen molar-refractivity contribution >= 4 is 0 Å². The summed E-state index contributed by atoms with van der Waals surface area (Å²) in [6.45, 7) is 2.71. The Hall–Kier alpha value is -2.54. The summed E-state index contributed by atoms with van der Waals surface area (Å²) in [5.41, 5.74) is 1.74. The van der Waals surface area contributed by atoms with E-state index in [9.17, 15) is 4.39 Å². The van der Waals surface area contributed by atoms with Crippen molar-refractivity contribution < 1.29 is 4.39 Å². The predicted molar refractivity (Wildman–Crippen MR) is 91.6 cm³/mol. The van der Waals surface area contributed by atoms with Crippen LogP contribution in [0.3, 0.4) is 0 Å². The summed E-state index contributed by atoms with van der Waals surface area (Å²) in [6.07, 6.45) is 8.84. The van der Waals surface area contributed by atoms with Gasteiger partial charge < -0.3 is 0 Å². The van der Waals surface area contributed by atoms with Crippen LogP contribution in [0.5, 0.6) is 0 Å². The summed E-state index contributed by atoms with van der Waals surface area (Å²) in [4.78, 5) is 6.49. The number of rotatable bonds is 5. The smallest absolute Gasteiger partial charge is 0.137 e. The molecule has 2 aromatic heterocycles. The van der Waals surface area contributed by atoms with Crippen LogP contribution in [0, 0.1) is 5.82 Å². The van der Waals surface area contributed by atoms with Crippen LogP contribution >= 0.6 is 0 Å². The molecule has 0 spiro atoms. The van der Waals surface area contributed by atoms with Crippen LogP contribution in [0.4, 0.5) is 4.39 Å². The second-order valence-electron chi connectivity index (χ2n) is 6.47. The molecule has 3 aromatic rings. The van der Waals surface area contributed by atoms with Gasteiger partial charge in [0.15, 0.2) is 0 Å². The first-order valence-corrected chi connectivity index (χ1v) is 8.65. The molecule has 6 nitrogen and oxygen atoms in total. The molecule has 1 saturated heterocycles. The van der Waals surface area contributed by atoms with Crippen LogP contribution in [-0.2, 0) is 13.1 Å². The number of likely N-dealkylation sites (tertiary alicyclic amines) is 1. The first kappa shape index (κ1) is 16.0. The lowest BCUT2D eigenvalue weighted by molar-refractivity contribution is 0.120. The van der Waals surface area contributed by atoms with Crippen molar-refractivity contribution in [2.24, 2.45) is 0 Å². The Morgan fingerprint density at radius 1 is 1.20 bits per heavy atom. The van der Waals surface area contributed by atoms with Crippen molar-refractivity contribution in [2.75, 3.05) is 6.54 Å². The third-order valence-corrected chi connectivity index (χ3v) is 4.70. The summed E-state index contributed by atoms with van der Waals surface area (Å²) in [5, 5.41) is 8.85. The number of aromatic nitrogens is 5. The van der Waals surface area contributed by atoms with Crippen molar-refractivity contribution in [3.8, 4) is 5.69 Å². The summed E-state index contributed by atoms with van der Waals surface area (Å²) in [7, 11) is 0. The molecule has 1 aliphatic rings. The fourth-order valence-corrected chi connectivity index (χ4v) is 3.43. The predicted octanol–water partition coefficient (Wildman–Crippen LogP) is 2.66. The molecule has 3 heterocycles. The van der Waals surface area contributed by atoms with Gasteiger partial charge in [0.25, 0.3) is 0 Å². The van der Waals surface area contributed by atoms with E-state index in [1.165, 1.54) is 25.0 Å². The van der Waals surface area contributed by atoms with Gasteiger partial charge in [-0.2, -0.15) is 10.2 Å². The Morgan fingerprint density at radius 3 is 3.00 bits per heavy atom. The summed E-state index contributed by atoms with van der Waals surface area (Å²) in [5.74, 6) is -0.251. The second-order valence-corrected chi connectivity index (χ2v) is 6.47. The molecule has 1 aliphatic heterocycles. The normalized spacial score (nSPS) is 18.5. The van der Waals surface area contributed by atoms with E-state index in [4.69, 9.17) is 0 Å². The molecule has 0 saturated carbocycles. The highest BCUT2D eigenvalue weighted by Gasteiger charge is 2.23. The van der Waals surface area contributed by atoms with Crippen molar-refractivity contribution in [1.82, 2.24) is 29.4 Å². The molecule has 0 amide bonds. The highest BCUT2D eigenvalue weighted by atomic mass is 19.1. The van der Waals surface area contributed by atoms with Gasteiger partial charge in [-0.05, 0) is 43.7 Å². The number of piperidine rings is 1. The van der Waals surface area contributed by atoms with Gasteiger partial charge in [-0.15, -0.1) is 0 Å². The van der Waals surface area contributed by atoms with Gasteiger partial charge in [-0.1, -0.05) is 12.5 Å². The maximum Gasteiger partial charge on any atom is 0.137 e. The zero-order valence-electron chi connectivity index (χ0n) is 14.0. The Kier molecular flexibility index (Phi) is 4.56. The molecular formula is C18H21FN6. The number of benzene rings is 1. The van der Waals surface area contributed by atoms with Crippen LogP contribution in [0.15, 0.2) is 49.2 Å². The Labute approximate surface area is 145 Å². The van der Waals surface area contributed by atoms with Crippen LogP contribution in [0.1, 0.15) is 25.0 Å². The lowest BCUT2D eigenvalue weighted by Gasteiger charge is -2.35. The molecule has 0 N–H and O–H groups in total. The lowest BCUT2D eigenvalue weighted by atomic mass is 10.0. The Bertz CT molecular complexity index is 813. The minimum Gasteiger partial charge on any atom is -0.293 e. The standard InChI is InChI=1S/C18H21FN6/c19-15-4-3-6-17(10-15)25-9-7-16(22-25)11-23-8-2-1-5-18(23)12-24-14-20-13-21-24/h3-4,6-7,9-10,13-14,18H,1-2,5,8,11-12H2/t18-/m1/s1. The minimum absolute atomic E-state index is 0.251. The van der Waals surface area contributed by atoms with Gasteiger partial charge in [-0.25, -0.2) is 14.1 Å². The van der Waals surface area contributed by atoms with E-state index in [1.807, 2.05) is 23.0 Å². The third kappa shape index (κ3) is 3.76. The first-order chi connectivity index (χ1) is 12.3. The number of hydrogen-bond acceptors (Lipinski definition) is 4. The molecule has 7 heteroatoms. The highest BCUT2D eigenvalue weighted by Crippen LogP contribution is 2.21. The highest BCUT2D eigenvalue weighted by molar-refractivity contribution is 5.31. The van der Waals surface area contributed by atoms with E-state index >= 15 is 0 Å². The van der Waals surface area contributed by atoms with Crippen LogP contribution in [0.2, 0.25) is 0 Å². The largest absolute Gasteiger partial charge is 0.293 e. The van der Waals surface area contributed by atoms with Gasteiger partial charge in [0.2, 0.25) is 0 Å². The molecule has 0 unspecified atom stereocenters. The molecule has 4 rings (SSSR count). The van der Waals surface area contributed by atoms with E-state index in [0.29, 0.717) is 6.04 Å². The van der Waals surface area contributed by atoms with Crippen molar-refractivity contribution in [2.45, 2.75) is 38.4 Å². The maximum absolute atomic E-state index is 13.4. The van der Waals surface area contributed by atoms with Gasteiger partial charge >= 0.3 is 0 Å². The van der Waals surface area contributed by atoms with Crippen molar-refractivity contribution in [3.05, 3.63) is 60.7 Å². The quantitative estimate of drug-likeness (QED) is 0.716. The van der Waals surface area contributed by atoms with E-state index in [1.54, 1.807) is 23.4 Å². The van der Waals surface area contributed by atoms with Crippen LogP contribution < -0.4 is 0 Å². The summed E-state index contributed by atoms with van der Waals surface area (Å²) < 4.78 is 17.0. The van der Waals surface area contributed by atoms with Crippen LogP contribution in [-0.4, -0.2) is 42.0 Å². The first-order valence-electron chi connectivity index (χ1n) is 8.65. The average molecular weight is 340 g/mol. The number of halogens is 1. The maximum atomic E-state index is 13.4. The SMILES string of the molecule is Fc1cccc(-n2ccc(CN3CCCC[C@@H]3Cn3cncn3)n2)c1. The van der Waals surface area contributed by atoms with Crippen LogP contribution in [0.25, 0.3) is 5.69 Å². The zero-order chi connectivity index (χ0) is 17.1. The molecular weight excluding hydrogens is 319 g/mol. The van der Waals surface area contributed by atoms with E-state index in [0.717, 1.165) is 37.4 Å². The number of hydrogen-bond donors (Lipinski definition) is 0. The van der Waals surface area contributed by atoms with Gasteiger partial charge in [0, 0.05) is 18.8 Å². The van der Waals surface area contributed by atoms with E-state index in [-0.39, 0.29) is 5.82 Å². The molecule has 1 atom stereocenters. The molecule has 0 bridgehead atoms. The topological polar surface area (TPSA) is 51.8 Å². The van der Waals surface area contributed by atoms with E-state index < -0.39 is 0 Å². The Morgan fingerprint density at radius 2 is 2.16 bits per heavy atom. The van der Waals surface area contributed by atoms with Gasteiger partial charge in [0.05, 0.1) is 17.9 Å². The molecule has 1 fully saturated rings. The number of nitrogens with zero attached hydrogens (tertiary/aromatic N) is 6. The summed E-state index contributed by atoms with van der Waals surface area (Å²) >= 11 is 0. The lowest BCUT2D eigenvalue weighted by Crippen LogP contribution is -2.41. The molecule has 0 aliphatic carbocycles. The molecule has 1 aromatic carbocycles. The minimum atomic E-state index is -0.251. The third-order valence-electron chi connectivity index (χ3n) is 4.70. The molecule has 25 heavy (non-hydrogen) atoms. The Balaban J connectivity index is 1.47. The fraction of sp³-hybridized carbons (Fsp3) is 0.389. The zero-order valence-corrected chi connectivity index (χ0v) is 14.0. The average Bonchev–Trinajstić information content (AvgIpc) is 3.29.